The summed E-state index contributed by atoms with van der Waals surface area (Å²) in [6, 6.07) is 13.3. The number of hydrogen-bond acceptors (Lipinski definition) is 5. The number of amides is 2. The van der Waals surface area contributed by atoms with Gasteiger partial charge in [0.05, 0.1) is 22.5 Å². The average molecular weight is 430 g/mol. The van der Waals surface area contributed by atoms with Crippen LogP contribution in [0, 0.1) is 0 Å². The first-order valence-corrected chi connectivity index (χ1v) is 10.5. The molecule has 154 valence electrons. The van der Waals surface area contributed by atoms with Crippen LogP contribution in [0.1, 0.15) is 15.9 Å². The molecule has 0 bridgehead atoms. The van der Waals surface area contributed by atoms with E-state index >= 15 is 0 Å². The number of carbonyl (C=O) groups excluding carboxylic acids is 2. The van der Waals surface area contributed by atoms with E-state index in [0.29, 0.717) is 5.56 Å². The van der Waals surface area contributed by atoms with Crippen molar-refractivity contribution in [3.05, 3.63) is 71.1 Å². The Morgan fingerprint density at radius 1 is 1.29 bits per heavy atom. The second-order valence-electron chi connectivity index (χ2n) is 7.42. The lowest BCUT2D eigenvalue weighted by Gasteiger charge is -2.15. The van der Waals surface area contributed by atoms with Crippen molar-refractivity contribution in [3.8, 4) is 27.4 Å². The van der Waals surface area contributed by atoms with Gasteiger partial charge in [0, 0.05) is 17.5 Å². The quantitative estimate of drug-likeness (QED) is 0.419. The Morgan fingerprint density at radius 2 is 2.13 bits per heavy atom. The summed E-state index contributed by atoms with van der Waals surface area (Å²) in [5.74, 6) is -1.08. The lowest BCUT2D eigenvalue weighted by atomic mass is 9.95. The molecule has 7 nitrogen and oxygen atoms in total. The third-order valence-electron chi connectivity index (χ3n) is 5.50. The third-order valence-corrected chi connectivity index (χ3v) is 6.38. The van der Waals surface area contributed by atoms with Crippen molar-refractivity contribution in [2.75, 3.05) is 6.54 Å². The van der Waals surface area contributed by atoms with Crippen molar-refractivity contribution in [2.45, 2.75) is 6.54 Å². The Bertz CT molecular complexity index is 1370. The smallest absolute Gasteiger partial charge is 0.258 e. The van der Waals surface area contributed by atoms with Crippen LogP contribution in [-0.4, -0.2) is 38.6 Å². The molecule has 0 fully saturated rings. The van der Waals surface area contributed by atoms with Crippen LogP contribution in [-0.2, 0) is 11.3 Å². The van der Waals surface area contributed by atoms with Gasteiger partial charge in [-0.2, -0.15) is 5.10 Å². The highest BCUT2D eigenvalue weighted by atomic mass is 32.1. The van der Waals surface area contributed by atoms with Crippen molar-refractivity contribution in [1.82, 2.24) is 15.1 Å². The average Bonchev–Trinajstić information content (AvgIpc) is 3.47. The number of aromatic nitrogens is 2. The SMILES string of the molecule is C=C(CN1Cc2c(-c3ccc4[nH]nc(-c5cccs5)c4c3)ccc(O)c2C1=O)C(N)=O. The molecule has 5 rings (SSSR count). The van der Waals surface area contributed by atoms with Crippen molar-refractivity contribution < 1.29 is 14.7 Å². The van der Waals surface area contributed by atoms with Crippen molar-refractivity contribution in [2.24, 2.45) is 5.73 Å². The van der Waals surface area contributed by atoms with E-state index in [4.69, 9.17) is 5.73 Å². The van der Waals surface area contributed by atoms with Gasteiger partial charge in [0.2, 0.25) is 5.91 Å². The Morgan fingerprint density at radius 3 is 2.87 bits per heavy atom. The van der Waals surface area contributed by atoms with Crippen LogP contribution in [0.3, 0.4) is 0 Å². The molecule has 0 saturated heterocycles. The second kappa shape index (κ2) is 7.10. The number of nitrogens with two attached hydrogens (primary N) is 1. The summed E-state index contributed by atoms with van der Waals surface area (Å²) >= 11 is 1.61. The largest absolute Gasteiger partial charge is 0.507 e. The van der Waals surface area contributed by atoms with Crippen molar-refractivity contribution in [1.29, 1.82) is 0 Å². The van der Waals surface area contributed by atoms with Gasteiger partial charge in [-0.15, -0.1) is 11.3 Å². The monoisotopic (exact) mass is 430 g/mol. The van der Waals surface area contributed by atoms with Gasteiger partial charge in [-0.25, -0.2) is 0 Å². The maximum atomic E-state index is 12.9. The molecular weight excluding hydrogens is 412 g/mol. The molecule has 0 aliphatic carbocycles. The van der Waals surface area contributed by atoms with Gasteiger partial charge in [0.1, 0.15) is 11.4 Å². The molecule has 0 atom stereocenters. The first kappa shape index (κ1) is 19.1. The second-order valence-corrected chi connectivity index (χ2v) is 8.37. The van der Waals surface area contributed by atoms with Gasteiger partial charge in [-0.3, -0.25) is 14.7 Å². The number of phenols is 1. The summed E-state index contributed by atoms with van der Waals surface area (Å²) in [6.07, 6.45) is 0. The molecule has 1 aliphatic rings. The molecule has 0 spiro atoms. The number of carbonyl (C=O) groups is 2. The number of nitrogens with zero attached hydrogens (tertiary/aromatic N) is 2. The zero-order valence-electron chi connectivity index (χ0n) is 16.4. The number of phenolic OH excluding ortho intramolecular Hbond substituents is 1. The Labute approximate surface area is 181 Å². The molecule has 31 heavy (non-hydrogen) atoms. The number of primary amides is 1. The van der Waals surface area contributed by atoms with Crippen molar-refractivity contribution in [3.63, 3.8) is 0 Å². The fourth-order valence-corrected chi connectivity index (χ4v) is 4.68. The van der Waals surface area contributed by atoms with Gasteiger partial charge >= 0.3 is 0 Å². The highest BCUT2D eigenvalue weighted by molar-refractivity contribution is 7.13. The van der Waals surface area contributed by atoms with Crippen LogP contribution in [0.5, 0.6) is 5.75 Å². The number of aromatic amines is 1. The summed E-state index contributed by atoms with van der Waals surface area (Å²) in [5, 5.41) is 20.9. The summed E-state index contributed by atoms with van der Waals surface area (Å²) in [7, 11) is 0. The fraction of sp³-hybridized carbons (Fsp3) is 0.0870. The number of aromatic hydroxyl groups is 1. The van der Waals surface area contributed by atoms with Crippen LogP contribution in [0.25, 0.3) is 32.6 Å². The molecule has 0 saturated carbocycles. The molecule has 2 aromatic carbocycles. The zero-order chi connectivity index (χ0) is 21.7. The van der Waals surface area contributed by atoms with E-state index in [1.165, 1.54) is 11.0 Å². The highest BCUT2D eigenvalue weighted by Gasteiger charge is 2.33. The fourth-order valence-electron chi connectivity index (χ4n) is 3.95. The van der Waals surface area contributed by atoms with E-state index in [0.717, 1.165) is 32.6 Å². The molecule has 0 radical (unpaired) electrons. The molecule has 2 aromatic heterocycles. The van der Waals surface area contributed by atoms with Gasteiger partial charge in [-0.05, 0) is 46.3 Å². The number of fused-ring (bicyclic) bond motifs is 2. The van der Waals surface area contributed by atoms with E-state index < -0.39 is 5.91 Å². The first-order chi connectivity index (χ1) is 14.9. The molecule has 4 aromatic rings. The maximum absolute atomic E-state index is 12.9. The van der Waals surface area contributed by atoms with E-state index in [-0.39, 0.29) is 35.9 Å². The summed E-state index contributed by atoms with van der Waals surface area (Å²) in [6.45, 7) is 3.91. The Balaban J connectivity index is 1.60. The molecule has 1 aliphatic heterocycles. The molecule has 0 unspecified atom stereocenters. The van der Waals surface area contributed by atoms with Gasteiger partial charge in [0.15, 0.2) is 0 Å². The maximum Gasteiger partial charge on any atom is 0.258 e. The van der Waals surface area contributed by atoms with E-state index in [1.54, 1.807) is 17.4 Å². The van der Waals surface area contributed by atoms with Crippen LogP contribution < -0.4 is 5.73 Å². The van der Waals surface area contributed by atoms with Crippen LogP contribution >= 0.6 is 11.3 Å². The zero-order valence-corrected chi connectivity index (χ0v) is 17.2. The molecule has 3 heterocycles. The lowest BCUT2D eigenvalue weighted by molar-refractivity contribution is -0.114. The van der Waals surface area contributed by atoms with Crippen molar-refractivity contribution >= 4 is 34.1 Å². The number of rotatable bonds is 5. The highest BCUT2D eigenvalue weighted by Crippen LogP contribution is 2.39. The van der Waals surface area contributed by atoms with Gasteiger partial charge in [-0.1, -0.05) is 24.8 Å². The topological polar surface area (TPSA) is 112 Å². The molecule has 2 amide bonds. The minimum Gasteiger partial charge on any atom is -0.507 e. The van der Waals surface area contributed by atoms with Crippen LogP contribution in [0.2, 0.25) is 0 Å². The molecule has 4 N–H and O–H groups in total. The van der Waals surface area contributed by atoms with E-state index in [9.17, 15) is 14.7 Å². The minimum absolute atomic E-state index is 0.0189. The third kappa shape index (κ3) is 3.08. The minimum atomic E-state index is -0.653. The molecule has 8 heteroatoms. The first-order valence-electron chi connectivity index (χ1n) is 9.58. The normalized spacial score (nSPS) is 13.0. The van der Waals surface area contributed by atoms with E-state index in [1.807, 2.05) is 35.7 Å². The predicted molar refractivity (Wildman–Crippen MR) is 120 cm³/mol. The number of thiophene rings is 1. The Hall–Kier alpha value is -3.91. The molecular formula is C23H18N4O3S. The number of nitrogens with one attached hydrogen (secondary N) is 1. The predicted octanol–water partition coefficient (Wildman–Crippen LogP) is 3.66. The lowest BCUT2D eigenvalue weighted by Crippen LogP contribution is -2.30. The van der Waals surface area contributed by atoms with Crippen LogP contribution in [0.15, 0.2) is 60.0 Å². The van der Waals surface area contributed by atoms with E-state index in [2.05, 4.69) is 16.8 Å². The number of hydrogen-bond donors (Lipinski definition) is 3. The Kier molecular flexibility index (Phi) is 4.37. The number of benzene rings is 2. The van der Waals surface area contributed by atoms with Gasteiger partial charge in [0.25, 0.3) is 5.91 Å². The summed E-state index contributed by atoms with van der Waals surface area (Å²) < 4.78 is 0. The summed E-state index contributed by atoms with van der Waals surface area (Å²) in [5.41, 5.74) is 9.92. The number of H-pyrrole nitrogens is 1. The standard InChI is InChI=1S/C23H18N4O3S/c1-12(22(24)29)10-27-11-16-14(5-7-18(28)20(16)23(27)30)13-4-6-17-15(9-13)21(26-25-17)19-3-2-8-31-19/h2-9,28H,1,10-11H2,(H2,24,29)(H,25,26). The summed E-state index contributed by atoms with van der Waals surface area (Å²) in [4.78, 5) is 26.8. The van der Waals surface area contributed by atoms with Gasteiger partial charge < -0.3 is 15.7 Å². The van der Waals surface area contributed by atoms with Crippen LogP contribution in [0.4, 0.5) is 0 Å².